The predicted molar refractivity (Wildman–Crippen MR) is 87.6 cm³/mol. The van der Waals surface area contributed by atoms with Crippen LogP contribution in [0.4, 0.5) is 0 Å². The van der Waals surface area contributed by atoms with Crippen LogP contribution < -0.4 is 4.74 Å². The summed E-state index contributed by atoms with van der Waals surface area (Å²) < 4.78 is 7.00. The van der Waals surface area contributed by atoms with Crippen molar-refractivity contribution in [2.45, 2.75) is 13.8 Å². The second kappa shape index (κ2) is 6.55. The molecule has 0 saturated carbocycles. The van der Waals surface area contributed by atoms with Crippen molar-refractivity contribution in [3.05, 3.63) is 62.0 Å². The predicted octanol–water partition coefficient (Wildman–Crippen LogP) is 5.15. The van der Waals surface area contributed by atoms with Crippen LogP contribution in [0.2, 0.25) is 0 Å². The van der Waals surface area contributed by atoms with E-state index >= 15 is 0 Å². The van der Waals surface area contributed by atoms with Gasteiger partial charge in [-0.1, -0.05) is 12.1 Å². The lowest BCUT2D eigenvalue weighted by atomic mass is 10.0. The van der Waals surface area contributed by atoms with Crippen LogP contribution in [-0.4, -0.2) is 12.4 Å². The van der Waals surface area contributed by atoms with Gasteiger partial charge in [0.05, 0.1) is 6.61 Å². The summed E-state index contributed by atoms with van der Waals surface area (Å²) in [5.74, 6) is 0.731. The second-order valence-corrected chi connectivity index (χ2v) is 5.99. The lowest BCUT2D eigenvalue weighted by molar-refractivity contribution is 0.103. The van der Waals surface area contributed by atoms with Gasteiger partial charge in [-0.15, -0.1) is 0 Å². The van der Waals surface area contributed by atoms with Crippen LogP contribution in [-0.2, 0) is 0 Å². The number of carbonyl (C=O) groups is 1. The first-order valence-electron chi connectivity index (χ1n) is 6.26. The highest BCUT2D eigenvalue weighted by Gasteiger charge is 2.16. The molecule has 2 aromatic carbocycles. The molecule has 2 rings (SSSR count). The highest BCUT2D eigenvalue weighted by atomic mass is 79.9. The zero-order valence-electron chi connectivity index (χ0n) is 11.2. The molecular formula is C16H14Br2O2. The third-order valence-electron chi connectivity index (χ3n) is 2.93. The number of aryl methyl sites for hydroxylation is 1. The number of hydrogen-bond acceptors (Lipinski definition) is 2. The number of rotatable bonds is 4. The number of ether oxygens (including phenoxy) is 1. The van der Waals surface area contributed by atoms with E-state index in [2.05, 4.69) is 31.9 Å². The van der Waals surface area contributed by atoms with Gasteiger partial charge in [0, 0.05) is 20.1 Å². The standard InChI is InChI=1S/C16H14Br2O2/c1-3-20-11-7-8-12(14(17)9-11)16(19)13-6-4-5-10(2)15(13)18/h4-9H,3H2,1-2H3. The quantitative estimate of drug-likeness (QED) is 0.667. The zero-order valence-corrected chi connectivity index (χ0v) is 14.4. The van der Waals surface area contributed by atoms with Gasteiger partial charge in [0.2, 0.25) is 0 Å². The number of ketones is 1. The van der Waals surface area contributed by atoms with E-state index in [1.807, 2.05) is 44.2 Å². The SMILES string of the molecule is CCOc1ccc(C(=O)c2cccc(C)c2Br)c(Br)c1. The fourth-order valence-electron chi connectivity index (χ4n) is 1.90. The lowest BCUT2D eigenvalue weighted by Crippen LogP contribution is -2.04. The van der Waals surface area contributed by atoms with Crippen LogP contribution >= 0.6 is 31.9 Å². The van der Waals surface area contributed by atoms with E-state index in [0.29, 0.717) is 17.7 Å². The molecule has 4 heteroatoms. The van der Waals surface area contributed by atoms with E-state index in [-0.39, 0.29) is 5.78 Å². The van der Waals surface area contributed by atoms with Gasteiger partial charge in [0.25, 0.3) is 0 Å². The van der Waals surface area contributed by atoms with Gasteiger partial charge in [-0.05, 0) is 75.5 Å². The summed E-state index contributed by atoms with van der Waals surface area (Å²) in [5, 5.41) is 0. The van der Waals surface area contributed by atoms with Crippen molar-refractivity contribution in [1.82, 2.24) is 0 Å². The average Bonchev–Trinajstić information content (AvgIpc) is 2.42. The van der Waals surface area contributed by atoms with Gasteiger partial charge in [-0.2, -0.15) is 0 Å². The summed E-state index contributed by atoms with van der Waals surface area (Å²) >= 11 is 6.92. The molecular weight excluding hydrogens is 384 g/mol. The maximum Gasteiger partial charge on any atom is 0.195 e. The maximum absolute atomic E-state index is 12.6. The Hall–Kier alpha value is -1.13. The van der Waals surface area contributed by atoms with Crippen molar-refractivity contribution >= 4 is 37.6 Å². The molecule has 2 aromatic rings. The van der Waals surface area contributed by atoms with Crippen molar-refractivity contribution in [3.8, 4) is 5.75 Å². The van der Waals surface area contributed by atoms with Crippen LogP contribution in [0.1, 0.15) is 28.4 Å². The lowest BCUT2D eigenvalue weighted by Gasteiger charge is -2.09. The fraction of sp³-hybridized carbons (Fsp3) is 0.188. The Morgan fingerprint density at radius 2 is 1.90 bits per heavy atom. The summed E-state index contributed by atoms with van der Waals surface area (Å²) in [6.45, 7) is 4.49. The summed E-state index contributed by atoms with van der Waals surface area (Å²) in [6, 6.07) is 11.1. The molecule has 0 saturated heterocycles. The topological polar surface area (TPSA) is 26.3 Å². The minimum atomic E-state index is -0.0181. The Labute approximate surface area is 135 Å². The Kier molecular flexibility index (Phi) is 5.00. The number of hydrogen-bond donors (Lipinski definition) is 0. The molecule has 104 valence electrons. The van der Waals surface area contributed by atoms with Crippen molar-refractivity contribution < 1.29 is 9.53 Å². The van der Waals surface area contributed by atoms with Gasteiger partial charge in [0.15, 0.2) is 5.78 Å². The monoisotopic (exact) mass is 396 g/mol. The highest BCUT2D eigenvalue weighted by Crippen LogP contribution is 2.29. The molecule has 0 bridgehead atoms. The molecule has 0 heterocycles. The van der Waals surface area contributed by atoms with E-state index in [1.165, 1.54) is 0 Å². The molecule has 0 amide bonds. The molecule has 0 radical (unpaired) electrons. The number of carbonyl (C=O) groups excluding carboxylic acids is 1. The van der Waals surface area contributed by atoms with Gasteiger partial charge < -0.3 is 4.74 Å². The summed E-state index contributed by atoms with van der Waals surface area (Å²) in [7, 11) is 0. The minimum Gasteiger partial charge on any atom is -0.494 e. The first-order valence-corrected chi connectivity index (χ1v) is 7.85. The molecule has 0 spiro atoms. The minimum absolute atomic E-state index is 0.0181. The van der Waals surface area contributed by atoms with E-state index in [1.54, 1.807) is 6.07 Å². The van der Waals surface area contributed by atoms with Gasteiger partial charge in [-0.25, -0.2) is 0 Å². The Morgan fingerprint density at radius 3 is 2.55 bits per heavy atom. The van der Waals surface area contributed by atoms with Gasteiger partial charge in [-0.3, -0.25) is 4.79 Å². The number of halogens is 2. The van der Waals surface area contributed by atoms with Crippen molar-refractivity contribution in [2.75, 3.05) is 6.61 Å². The van der Waals surface area contributed by atoms with E-state index in [0.717, 1.165) is 20.3 Å². The largest absolute Gasteiger partial charge is 0.494 e. The Morgan fingerprint density at radius 1 is 1.15 bits per heavy atom. The highest BCUT2D eigenvalue weighted by molar-refractivity contribution is 9.11. The van der Waals surface area contributed by atoms with Crippen LogP contribution in [0.25, 0.3) is 0 Å². The third-order valence-corrected chi connectivity index (χ3v) is 4.64. The van der Waals surface area contributed by atoms with E-state index < -0.39 is 0 Å². The first-order chi connectivity index (χ1) is 9.54. The molecule has 0 N–H and O–H groups in total. The van der Waals surface area contributed by atoms with Crippen LogP contribution in [0.3, 0.4) is 0 Å². The molecule has 0 unspecified atom stereocenters. The number of benzene rings is 2. The van der Waals surface area contributed by atoms with Gasteiger partial charge in [0.1, 0.15) is 5.75 Å². The summed E-state index contributed by atoms with van der Waals surface area (Å²) in [6.07, 6.45) is 0. The zero-order chi connectivity index (χ0) is 14.7. The first kappa shape index (κ1) is 15.3. The van der Waals surface area contributed by atoms with E-state index in [4.69, 9.17) is 4.74 Å². The molecule has 0 aliphatic rings. The summed E-state index contributed by atoms with van der Waals surface area (Å²) in [4.78, 5) is 12.6. The third kappa shape index (κ3) is 3.13. The van der Waals surface area contributed by atoms with Gasteiger partial charge >= 0.3 is 0 Å². The second-order valence-electron chi connectivity index (χ2n) is 4.34. The van der Waals surface area contributed by atoms with E-state index in [9.17, 15) is 4.79 Å². The average molecular weight is 398 g/mol. The molecule has 0 aromatic heterocycles. The summed E-state index contributed by atoms with van der Waals surface area (Å²) in [5.41, 5.74) is 2.33. The normalized spacial score (nSPS) is 10.4. The van der Waals surface area contributed by atoms with Crippen molar-refractivity contribution in [3.63, 3.8) is 0 Å². The Bertz CT molecular complexity index is 651. The van der Waals surface area contributed by atoms with Crippen LogP contribution in [0, 0.1) is 6.92 Å². The molecule has 2 nitrogen and oxygen atoms in total. The fourth-order valence-corrected chi connectivity index (χ4v) is 2.89. The van der Waals surface area contributed by atoms with Crippen molar-refractivity contribution in [1.29, 1.82) is 0 Å². The maximum atomic E-state index is 12.6. The van der Waals surface area contributed by atoms with Crippen molar-refractivity contribution in [2.24, 2.45) is 0 Å². The smallest absolute Gasteiger partial charge is 0.195 e. The molecule has 0 fully saturated rings. The molecule has 20 heavy (non-hydrogen) atoms. The van der Waals surface area contributed by atoms with Crippen LogP contribution in [0.5, 0.6) is 5.75 Å². The molecule has 0 aliphatic heterocycles. The molecule has 0 aliphatic carbocycles. The molecule has 0 atom stereocenters. The Balaban J connectivity index is 2.41. The van der Waals surface area contributed by atoms with Crippen LogP contribution in [0.15, 0.2) is 45.3 Å².